The number of rotatable bonds is 6. The monoisotopic (exact) mass is 270 g/mol. The number of carboxylic acids is 1. The van der Waals surface area contributed by atoms with Crippen LogP contribution in [0.4, 0.5) is 0 Å². The molecule has 6 heteroatoms. The summed E-state index contributed by atoms with van der Waals surface area (Å²) >= 11 is 5.75. The van der Waals surface area contributed by atoms with Crippen molar-refractivity contribution in [1.82, 2.24) is 10.3 Å². The summed E-state index contributed by atoms with van der Waals surface area (Å²) in [5, 5.41) is 11.7. The summed E-state index contributed by atoms with van der Waals surface area (Å²) in [5.41, 5.74) is 0.257. The van der Waals surface area contributed by atoms with Crippen LogP contribution in [-0.4, -0.2) is 28.5 Å². The largest absolute Gasteiger partial charge is 0.481 e. The zero-order valence-electron chi connectivity index (χ0n) is 10.0. The van der Waals surface area contributed by atoms with Gasteiger partial charge in [0, 0.05) is 24.2 Å². The Kier molecular flexibility index (Phi) is 5.58. The first-order valence-electron chi connectivity index (χ1n) is 5.60. The number of aliphatic carboxylic acids is 1. The minimum atomic E-state index is -0.829. The van der Waals surface area contributed by atoms with Crippen LogP contribution in [0.5, 0.6) is 0 Å². The van der Waals surface area contributed by atoms with E-state index in [2.05, 4.69) is 10.3 Å². The lowest BCUT2D eigenvalue weighted by atomic mass is 10.1. The van der Waals surface area contributed by atoms with Gasteiger partial charge < -0.3 is 10.4 Å². The maximum absolute atomic E-state index is 11.7. The van der Waals surface area contributed by atoms with Crippen LogP contribution in [0.25, 0.3) is 0 Å². The van der Waals surface area contributed by atoms with E-state index >= 15 is 0 Å². The zero-order valence-corrected chi connectivity index (χ0v) is 10.8. The van der Waals surface area contributed by atoms with E-state index < -0.39 is 5.97 Å². The molecule has 0 aromatic carbocycles. The van der Waals surface area contributed by atoms with Gasteiger partial charge in [-0.3, -0.25) is 14.6 Å². The third-order valence-corrected chi connectivity index (χ3v) is 2.65. The van der Waals surface area contributed by atoms with E-state index in [9.17, 15) is 9.59 Å². The highest BCUT2D eigenvalue weighted by molar-refractivity contribution is 6.30. The van der Waals surface area contributed by atoms with Gasteiger partial charge in [-0.1, -0.05) is 18.5 Å². The van der Waals surface area contributed by atoms with Gasteiger partial charge in [0.1, 0.15) is 5.69 Å². The number of nitrogens with zero attached hydrogens (tertiary/aromatic N) is 1. The number of pyridine rings is 1. The Labute approximate surface area is 110 Å². The molecule has 0 radical (unpaired) electrons. The van der Waals surface area contributed by atoms with Crippen molar-refractivity contribution in [2.75, 3.05) is 6.54 Å². The van der Waals surface area contributed by atoms with Gasteiger partial charge in [0.05, 0.1) is 0 Å². The molecular formula is C12H15ClN2O3. The molecule has 1 rings (SSSR count). The molecular weight excluding hydrogens is 256 g/mol. The number of carboxylic acid groups (broad SMARTS) is 1. The Morgan fingerprint density at radius 1 is 1.56 bits per heavy atom. The van der Waals surface area contributed by atoms with Crippen LogP contribution in [0.3, 0.4) is 0 Å². The molecule has 1 heterocycles. The molecule has 1 atom stereocenters. The predicted octanol–water partition coefficient (Wildman–Crippen LogP) is 1.97. The summed E-state index contributed by atoms with van der Waals surface area (Å²) in [4.78, 5) is 26.0. The van der Waals surface area contributed by atoms with Crippen molar-refractivity contribution in [2.24, 2.45) is 5.92 Å². The number of carbonyl (C=O) groups is 2. The third kappa shape index (κ3) is 5.14. The maximum Gasteiger partial charge on any atom is 0.303 e. The van der Waals surface area contributed by atoms with Gasteiger partial charge in [-0.05, 0) is 24.5 Å². The van der Waals surface area contributed by atoms with E-state index in [1.165, 1.54) is 12.3 Å². The second-order valence-corrected chi connectivity index (χ2v) is 4.54. The van der Waals surface area contributed by atoms with Crippen LogP contribution < -0.4 is 5.32 Å². The fourth-order valence-electron chi connectivity index (χ4n) is 1.36. The van der Waals surface area contributed by atoms with Crippen LogP contribution in [-0.2, 0) is 4.79 Å². The Morgan fingerprint density at radius 3 is 2.89 bits per heavy atom. The van der Waals surface area contributed by atoms with Crippen LogP contribution in [0, 0.1) is 5.92 Å². The van der Waals surface area contributed by atoms with Gasteiger partial charge in [0.25, 0.3) is 5.91 Å². The van der Waals surface area contributed by atoms with E-state index in [1.54, 1.807) is 6.07 Å². The molecule has 0 aliphatic heterocycles. The van der Waals surface area contributed by atoms with E-state index in [0.717, 1.165) is 0 Å². The Morgan fingerprint density at radius 2 is 2.28 bits per heavy atom. The standard InChI is InChI=1S/C12H15ClN2O3/c1-8(2-3-11(16)17)7-15-12(18)10-6-9(13)4-5-14-10/h4-6,8H,2-3,7H2,1H3,(H,15,18)(H,16,17). The molecule has 1 unspecified atom stereocenters. The molecule has 98 valence electrons. The molecule has 1 aromatic heterocycles. The highest BCUT2D eigenvalue weighted by Gasteiger charge is 2.10. The van der Waals surface area contributed by atoms with Crippen molar-refractivity contribution in [3.63, 3.8) is 0 Å². The van der Waals surface area contributed by atoms with Crippen LogP contribution >= 0.6 is 11.6 Å². The zero-order chi connectivity index (χ0) is 13.5. The van der Waals surface area contributed by atoms with Crippen molar-refractivity contribution >= 4 is 23.5 Å². The lowest BCUT2D eigenvalue weighted by Gasteiger charge is -2.11. The normalized spacial score (nSPS) is 11.9. The summed E-state index contributed by atoms with van der Waals surface area (Å²) < 4.78 is 0. The molecule has 0 fully saturated rings. The summed E-state index contributed by atoms with van der Waals surface area (Å²) in [6, 6.07) is 3.08. The average Bonchev–Trinajstić information content (AvgIpc) is 2.33. The Bertz CT molecular complexity index is 437. The van der Waals surface area contributed by atoms with E-state index in [0.29, 0.717) is 18.0 Å². The number of amides is 1. The van der Waals surface area contributed by atoms with Gasteiger partial charge in [0.15, 0.2) is 0 Å². The smallest absolute Gasteiger partial charge is 0.303 e. The fourth-order valence-corrected chi connectivity index (χ4v) is 1.52. The second-order valence-electron chi connectivity index (χ2n) is 4.11. The molecule has 0 aliphatic rings. The molecule has 0 aliphatic carbocycles. The molecule has 1 aromatic rings. The first-order valence-corrected chi connectivity index (χ1v) is 5.98. The van der Waals surface area contributed by atoms with Gasteiger partial charge >= 0.3 is 5.97 Å². The molecule has 0 saturated carbocycles. The quantitative estimate of drug-likeness (QED) is 0.828. The van der Waals surface area contributed by atoms with E-state index in [4.69, 9.17) is 16.7 Å². The number of halogens is 1. The summed E-state index contributed by atoms with van der Waals surface area (Å²) in [7, 11) is 0. The van der Waals surface area contributed by atoms with Crippen molar-refractivity contribution < 1.29 is 14.7 Å². The SMILES string of the molecule is CC(CCC(=O)O)CNC(=O)c1cc(Cl)ccn1. The Balaban J connectivity index is 2.39. The van der Waals surface area contributed by atoms with E-state index in [-0.39, 0.29) is 23.9 Å². The maximum atomic E-state index is 11.7. The molecule has 0 spiro atoms. The summed E-state index contributed by atoms with van der Waals surface area (Å²) in [6.45, 7) is 2.30. The Hall–Kier alpha value is -1.62. The number of hydrogen-bond donors (Lipinski definition) is 2. The van der Waals surface area contributed by atoms with Crippen LogP contribution in [0.2, 0.25) is 5.02 Å². The van der Waals surface area contributed by atoms with Crippen molar-refractivity contribution in [3.05, 3.63) is 29.0 Å². The van der Waals surface area contributed by atoms with Gasteiger partial charge in [-0.2, -0.15) is 0 Å². The molecule has 0 bridgehead atoms. The highest BCUT2D eigenvalue weighted by Crippen LogP contribution is 2.08. The minimum absolute atomic E-state index is 0.101. The molecule has 2 N–H and O–H groups in total. The van der Waals surface area contributed by atoms with Gasteiger partial charge in [0.2, 0.25) is 0 Å². The van der Waals surface area contributed by atoms with Crippen molar-refractivity contribution in [3.8, 4) is 0 Å². The van der Waals surface area contributed by atoms with Crippen molar-refractivity contribution in [2.45, 2.75) is 19.8 Å². The third-order valence-electron chi connectivity index (χ3n) is 2.42. The minimum Gasteiger partial charge on any atom is -0.481 e. The number of nitrogens with one attached hydrogen (secondary N) is 1. The second kappa shape index (κ2) is 6.96. The lowest BCUT2D eigenvalue weighted by molar-refractivity contribution is -0.137. The molecule has 5 nitrogen and oxygen atoms in total. The lowest BCUT2D eigenvalue weighted by Crippen LogP contribution is -2.29. The average molecular weight is 271 g/mol. The topological polar surface area (TPSA) is 79.3 Å². The first kappa shape index (κ1) is 14.4. The van der Waals surface area contributed by atoms with E-state index in [1.807, 2.05) is 6.92 Å². The van der Waals surface area contributed by atoms with Gasteiger partial charge in [-0.15, -0.1) is 0 Å². The summed E-state index contributed by atoms with van der Waals surface area (Å²) in [5.74, 6) is -1.03. The first-order chi connectivity index (χ1) is 8.49. The number of hydrogen-bond acceptors (Lipinski definition) is 3. The molecule has 18 heavy (non-hydrogen) atoms. The van der Waals surface area contributed by atoms with Crippen LogP contribution in [0.15, 0.2) is 18.3 Å². The highest BCUT2D eigenvalue weighted by atomic mass is 35.5. The number of aromatic nitrogens is 1. The fraction of sp³-hybridized carbons (Fsp3) is 0.417. The van der Waals surface area contributed by atoms with Crippen LogP contribution in [0.1, 0.15) is 30.3 Å². The predicted molar refractivity (Wildman–Crippen MR) is 67.6 cm³/mol. The molecule has 1 amide bonds. The van der Waals surface area contributed by atoms with Crippen molar-refractivity contribution in [1.29, 1.82) is 0 Å². The summed E-state index contributed by atoms with van der Waals surface area (Å²) in [6.07, 6.45) is 2.09. The molecule has 0 saturated heterocycles. The van der Waals surface area contributed by atoms with Gasteiger partial charge in [-0.25, -0.2) is 0 Å². The number of carbonyl (C=O) groups excluding carboxylic acids is 1.